The van der Waals surface area contributed by atoms with E-state index in [1.54, 1.807) is 24.1 Å². The van der Waals surface area contributed by atoms with Gasteiger partial charge in [-0.25, -0.2) is 14.2 Å². The molecule has 0 bridgehead atoms. The third-order valence-electron chi connectivity index (χ3n) is 10.1. The number of hydrogen-bond donors (Lipinski definition) is 4. The highest BCUT2D eigenvalue weighted by Gasteiger charge is 2.33. The first-order valence-electron chi connectivity index (χ1n) is 17.6. The summed E-state index contributed by atoms with van der Waals surface area (Å²) in [6, 6.07) is 11.1. The van der Waals surface area contributed by atoms with Crippen molar-refractivity contribution in [3.05, 3.63) is 53.1 Å². The molecule has 13 nitrogen and oxygen atoms in total. The molecule has 1 saturated carbocycles. The van der Waals surface area contributed by atoms with Crippen molar-refractivity contribution >= 4 is 39.0 Å². The number of carbonyl (C=O) groups is 3. The number of fused-ring (bicyclic) bond motifs is 5. The number of benzene rings is 2. The molecule has 4 N–H and O–H groups in total. The number of ether oxygens (including phenoxy) is 1. The van der Waals surface area contributed by atoms with Crippen LogP contribution in [0.2, 0.25) is 0 Å². The van der Waals surface area contributed by atoms with Crippen LogP contribution in [0.5, 0.6) is 5.75 Å². The number of piperazine rings is 1. The van der Waals surface area contributed by atoms with E-state index in [1.807, 2.05) is 26.0 Å². The van der Waals surface area contributed by atoms with Gasteiger partial charge in [-0.3, -0.25) is 14.5 Å². The molecular formula is C36H49N7O6S. The Kier molecular flexibility index (Phi) is 10.7. The summed E-state index contributed by atoms with van der Waals surface area (Å²) in [5, 5.41) is 7.28. The number of aromatic nitrogens is 1. The molecule has 1 saturated heterocycles. The highest BCUT2D eigenvalue weighted by atomic mass is 32.2. The van der Waals surface area contributed by atoms with Crippen molar-refractivity contribution in [1.82, 2.24) is 34.4 Å². The molecule has 2 aliphatic heterocycles. The number of hydrogen-bond acceptors (Lipinski definition) is 7. The molecule has 2 fully saturated rings. The zero-order chi connectivity index (χ0) is 35.6. The van der Waals surface area contributed by atoms with Gasteiger partial charge >= 0.3 is 16.2 Å². The highest BCUT2D eigenvalue weighted by molar-refractivity contribution is 7.88. The quantitative estimate of drug-likeness (QED) is 0.266. The average molecular weight is 708 g/mol. The summed E-state index contributed by atoms with van der Waals surface area (Å²) in [4.78, 5) is 43.1. The van der Waals surface area contributed by atoms with E-state index in [0.29, 0.717) is 51.6 Å². The van der Waals surface area contributed by atoms with Gasteiger partial charge in [-0.2, -0.15) is 8.42 Å². The van der Waals surface area contributed by atoms with Gasteiger partial charge in [0.2, 0.25) is 5.91 Å². The Morgan fingerprint density at radius 3 is 2.40 bits per heavy atom. The average Bonchev–Trinajstić information content (AvgIpc) is 3.31. The number of methoxy groups -OCH3 is 1. The fraction of sp³-hybridized carbons (Fsp3) is 0.528. The number of amides is 4. The van der Waals surface area contributed by atoms with Crippen LogP contribution in [0.4, 0.5) is 4.79 Å². The first kappa shape index (κ1) is 35.7. The van der Waals surface area contributed by atoms with E-state index in [4.69, 9.17) is 4.74 Å². The number of rotatable bonds is 9. The van der Waals surface area contributed by atoms with Crippen molar-refractivity contribution in [1.29, 1.82) is 0 Å². The van der Waals surface area contributed by atoms with Crippen LogP contribution in [-0.2, 0) is 28.0 Å². The lowest BCUT2D eigenvalue weighted by Gasteiger charge is -2.35. The predicted molar refractivity (Wildman–Crippen MR) is 193 cm³/mol. The second kappa shape index (κ2) is 15.0. The molecule has 1 atom stereocenters. The SMILES string of the molecule is CNS(=O)(=O)NC(=O)c1ccc2c(C3CCCCC3)c3n(c2c1)CC(NC(=O)N1CCN(CC(=O)NC(C)C)CC1)Cc1cc(OC)ccc1-3. The Balaban J connectivity index is 1.35. The van der Waals surface area contributed by atoms with E-state index >= 15 is 0 Å². The minimum Gasteiger partial charge on any atom is -0.497 e. The summed E-state index contributed by atoms with van der Waals surface area (Å²) in [6.07, 6.45) is 6.18. The van der Waals surface area contributed by atoms with E-state index in [0.717, 1.165) is 59.2 Å². The van der Waals surface area contributed by atoms with Gasteiger partial charge in [0, 0.05) is 67.8 Å². The Morgan fingerprint density at radius 2 is 1.72 bits per heavy atom. The molecule has 270 valence electrons. The maximum absolute atomic E-state index is 13.8. The van der Waals surface area contributed by atoms with Crippen LogP contribution < -0.4 is 24.8 Å². The summed E-state index contributed by atoms with van der Waals surface area (Å²) in [5.41, 5.74) is 5.50. The van der Waals surface area contributed by atoms with Crippen LogP contribution in [-0.4, -0.2) is 99.6 Å². The molecule has 4 amide bonds. The topological polar surface area (TPSA) is 154 Å². The standard InChI is InChI=1S/C36H49N7O6S/c1-23(2)38-32(44)22-41-14-16-42(17-15-41)36(46)39-27-18-26-19-28(49-4)11-13-29(26)34-33(24-8-6-5-7-9-24)30-12-10-25(20-31(30)43(34)21-27)35(45)40-50(47,48)37-3/h10-13,19-20,23-24,27,37H,5-9,14-18,21-22H2,1-4H3,(H,38,44)(H,39,46)(H,40,45). The first-order chi connectivity index (χ1) is 24.0. The minimum absolute atomic E-state index is 0.0166. The zero-order valence-corrected chi connectivity index (χ0v) is 30.2. The Labute approximate surface area is 294 Å². The minimum atomic E-state index is -3.99. The van der Waals surface area contributed by atoms with Gasteiger partial charge in [-0.05, 0) is 80.5 Å². The second-order valence-corrected chi connectivity index (χ2v) is 15.6. The molecule has 0 spiro atoms. The van der Waals surface area contributed by atoms with Gasteiger partial charge in [-0.15, -0.1) is 0 Å². The number of urea groups is 1. The summed E-state index contributed by atoms with van der Waals surface area (Å²) >= 11 is 0. The van der Waals surface area contributed by atoms with Crippen molar-refractivity contribution in [2.24, 2.45) is 0 Å². The lowest BCUT2D eigenvalue weighted by Crippen LogP contribution is -2.55. The van der Waals surface area contributed by atoms with E-state index in [9.17, 15) is 22.8 Å². The third-order valence-corrected chi connectivity index (χ3v) is 11.1. The molecule has 1 aliphatic carbocycles. The van der Waals surface area contributed by atoms with Crippen LogP contribution >= 0.6 is 0 Å². The molecule has 0 radical (unpaired) electrons. The molecule has 1 unspecified atom stereocenters. The van der Waals surface area contributed by atoms with Gasteiger partial charge in [0.15, 0.2) is 0 Å². The van der Waals surface area contributed by atoms with Crippen LogP contribution in [0.1, 0.15) is 73.4 Å². The highest BCUT2D eigenvalue weighted by Crippen LogP contribution is 2.46. The van der Waals surface area contributed by atoms with E-state index in [-0.39, 0.29) is 29.6 Å². The monoisotopic (exact) mass is 707 g/mol. The van der Waals surface area contributed by atoms with Crippen LogP contribution in [0, 0.1) is 0 Å². The van der Waals surface area contributed by atoms with Crippen molar-refractivity contribution in [3.8, 4) is 17.0 Å². The van der Waals surface area contributed by atoms with E-state index in [2.05, 4.69) is 41.7 Å². The Bertz CT molecular complexity index is 1860. The van der Waals surface area contributed by atoms with Gasteiger partial charge in [0.05, 0.1) is 25.4 Å². The molecule has 3 aromatic rings. The Morgan fingerprint density at radius 1 is 0.980 bits per heavy atom. The molecule has 50 heavy (non-hydrogen) atoms. The van der Waals surface area contributed by atoms with Gasteiger partial charge in [0.1, 0.15) is 5.75 Å². The van der Waals surface area contributed by atoms with Crippen LogP contribution in [0.25, 0.3) is 22.2 Å². The number of nitrogens with one attached hydrogen (secondary N) is 4. The predicted octanol–water partition coefficient (Wildman–Crippen LogP) is 3.34. The molecule has 3 heterocycles. The van der Waals surface area contributed by atoms with Gasteiger partial charge in [0.25, 0.3) is 5.91 Å². The zero-order valence-electron chi connectivity index (χ0n) is 29.4. The Hall–Kier alpha value is -4.14. The van der Waals surface area contributed by atoms with Crippen LogP contribution in [0.15, 0.2) is 36.4 Å². The number of nitrogens with zero attached hydrogens (tertiary/aromatic N) is 3. The lowest BCUT2D eigenvalue weighted by atomic mass is 9.81. The van der Waals surface area contributed by atoms with Crippen molar-refractivity contribution in [2.75, 3.05) is 46.9 Å². The van der Waals surface area contributed by atoms with Gasteiger partial charge < -0.3 is 24.8 Å². The van der Waals surface area contributed by atoms with Crippen molar-refractivity contribution in [2.45, 2.75) is 76.9 Å². The number of carbonyl (C=O) groups excluding carboxylic acids is 3. The second-order valence-electron chi connectivity index (χ2n) is 13.9. The molecule has 14 heteroatoms. The van der Waals surface area contributed by atoms with E-state index < -0.39 is 16.1 Å². The summed E-state index contributed by atoms with van der Waals surface area (Å²) in [7, 11) is -1.10. The molecule has 6 rings (SSSR count). The fourth-order valence-corrected chi connectivity index (χ4v) is 8.19. The molecule has 1 aromatic heterocycles. The molecular weight excluding hydrogens is 659 g/mol. The van der Waals surface area contributed by atoms with Gasteiger partial charge in [-0.1, -0.05) is 25.3 Å². The summed E-state index contributed by atoms with van der Waals surface area (Å²) in [5.74, 6) is 0.323. The van der Waals surface area contributed by atoms with E-state index in [1.165, 1.54) is 19.0 Å². The summed E-state index contributed by atoms with van der Waals surface area (Å²) in [6.45, 7) is 6.87. The maximum atomic E-state index is 13.8. The first-order valence-corrected chi connectivity index (χ1v) is 19.1. The van der Waals surface area contributed by atoms with Crippen LogP contribution in [0.3, 0.4) is 0 Å². The third kappa shape index (κ3) is 7.77. The normalized spacial score (nSPS) is 18.7. The maximum Gasteiger partial charge on any atom is 0.317 e. The lowest BCUT2D eigenvalue weighted by molar-refractivity contribution is -0.123. The summed E-state index contributed by atoms with van der Waals surface area (Å²) < 4.78 is 36.4. The smallest absolute Gasteiger partial charge is 0.317 e. The largest absolute Gasteiger partial charge is 0.497 e. The fourth-order valence-electron chi connectivity index (χ4n) is 7.72. The van der Waals surface area contributed by atoms with Crippen molar-refractivity contribution in [3.63, 3.8) is 0 Å². The molecule has 2 aromatic carbocycles. The van der Waals surface area contributed by atoms with Crippen molar-refractivity contribution < 1.29 is 27.5 Å². The molecule has 3 aliphatic rings.